The molecule has 154 valence electrons. The van der Waals surface area contributed by atoms with E-state index < -0.39 is 11.6 Å². The molecule has 0 saturated carbocycles. The maximum Gasteiger partial charge on any atom is 0.144 e. The Morgan fingerprint density at radius 3 is 2.50 bits per heavy atom. The molecule has 4 rings (SSSR count). The summed E-state index contributed by atoms with van der Waals surface area (Å²) in [6.45, 7) is 5.73. The van der Waals surface area contributed by atoms with Gasteiger partial charge in [0.2, 0.25) is 0 Å². The van der Waals surface area contributed by atoms with Crippen LogP contribution in [0.5, 0.6) is 11.5 Å². The minimum absolute atomic E-state index is 0.108. The van der Waals surface area contributed by atoms with Gasteiger partial charge < -0.3 is 9.47 Å². The molecule has 0 bridgehead atoms. The fraction of sp³-hybridized carbons (Fsp3) is 0.182. The van der Waals surface area contributed by atoms with Gasteiger partial charge >= 0.3 is 0 Å². The lowest BCUT2D eigenvalue weighted by atomic mass is 10.0. The molecule has 30 heavy (non-hydrogen) atoms. The van der Waals surface area contributed by atoms with E-state index in [4.69, 9.17) is 9.47 Å². The van der Waals surface area contributed by atoms with Crippen molar-refractivity contribution in [1.82, 2.24) is 19.3 Å². The van der Waals surface area contributed by atoms with Gasteiger partial charge in [0.05, 0.1) is 35.0 Å². The zero-order valence-electron chi connectivity index (χ0n) is 16.8. The molecule has 2 aromatic heterocycles. The largest absolute Gasteiger partial charge is 0.497 e. The first-order valence-corrected chi connectivity index (χ1v) is 9.22. The predicted molar refractivity (Wildman–Crippen MR) is 110 cm³/mol. The molecule has 0 atom stereocenters. The molecule has 8 heteroatoms. The smallest absolute Gasteiger partial charge is 0.144 e. The quantitative estimate of drug-likeness (QED) is 0.437. The van der Waals surface area contributed by atoms with Crippen LogP contribution < -0.4 is 9.47 Å². The number of methoxy groups -OCH3 is 1. The Balaban J connectivity index is 1.91. The third-order valence-electron chi connectivity index (χ3n) is 4.81. The summed E-state index contributed by atoms with van der Waals surface area (Å²) in [5, 5.41) is 4.40. The summed E-state index contributed by atoms with van der Waals surface area (Å²) in [5.74, 6) is -0.196. The second-order valence-electron chi connectivity index (χ2n) is 6.74. The second kappa shape index (κ2) is 7.62. The molecule has 0 aliphatic heterocycles. The maximum absolute atomic E-state index is 14.9. The first kappa shape index (κ1) is 19.6. The molecule has 0 unspecified atom stereocenters. The van der Waals surface area contributed by atoms with E-state index in [1.54, 1.807) is 41.7 Å². The van der Waals surface area contributed by atoms with E-state index in [2.05, 4.69) is 16.7 Å². The summed E-state index contributed by atoms with van der Waals surface area (Å²) in [6, 6.07) is 7.76. The number of fused-ring (bicyclic) bond motifs is 1. The van der Waals surface area contributed by atoms with Crippen molar-refractivity contribution >= 4 is 11.0 Å². The number of halogens is 2. The highest BCUT2D eigenvalue weighted by molar-refractivity contribution is 5.83. The topological polar surface area (TPSA) is 54.1 Å². The van der Waals surface area contributed by atoms with E-state index >= 15 is 0 Å². The van der Waals surface area contributed by atoms with Crippen LogP contribution in [0, 0.1) is 18.6 Å². The molecule has 0 fully saturated rings. The van der Waals surface area contributed by atoms with Crippen molar-refractivity contribution in [3.8, 4) is 28.4 Å². The number of benzene rings is 2. The SMILES string of the molecule is C=CCOc1ccc2c(c1)ncn2-c1c(-c2c(F)cc(OC)cc2F)c(C)nn1C. The average Bonchev–Trinajstić information content (AvgIpc) is 3.25. The lowest BCUT2D eigenvalue weighted by Gasteiger charge is -2.12. The van der Waals surface area contributed by atoms with E-state index in [-0.39, 0.29) is 11.3 Å². The van der Waals surface area contributed by atoms with E-state index in [9.17, 15) is 8.78 Å². The Labute approximate surface area is 172 Å². The van der Waals surface area contributed by atoms with Crippen molar-refractivity contribution in [3.63, 3.8) is 0 Å². The molecule has 0 amide bonds. The summed E-state index contributed by atoms with van der Waals surface area (Å²) in [4.78, 5) is 4.43. The lowest BCUT2D eigenvalue weighted by molar-refractivity contribution is 0.363. The fourth-order valence-electron chi connectivity index (χ4n) is 3.53. The molecule has 4 aromatic rings. The Hall–Kier alpha value is -3.68. The van der Waals surface area contributed by atoms with Crippen LogP contribution >= 0.6 is 0 Å². The number of rotatable bonds is 6. The van der Waals surface area contributed by atoms with Crippen LogP contribution in [0.4, 0.5) is 8.78 Å². The summed E-state index contributed by atoms with van der Waals surface area (Å²) < 4.78 is 43.6. The standard InChI is InChI=1S/C22H20F2N4O2/c1-5-8-30-14-6-7-19-18(11-14)25-12-28(19)22-20(13(2)26-27(22)3)21-16(23)9-15(29-4)10-17(21)24/h5-7,9-12H,1,8H2,2-4H3. The lowest BCUT2D eigenvalue weighted by Crippen LogP contribution is -2.04. The van der Waals surface area contributed by atoms with E-state index in [1.807, 2.05) is 12.1 Å². The third-order valence-corrected chi connectivity index (χ3v) is 4.81. The van der Waals surface area contributed by atoms with Gasteiger partial charge in [-0.15, -0.1) is 0 Å². The van der Waals surface area contributed by atoms with Crippen LogP contribution in [0.2, 0.25) is 0 Å². The third kappa shape index (κ3) is 3.20. The molecule has 0 saturated heterocycles. The van der Waals surface area contributed by atoms with Crippen LogP contribution in [0.25, 0.3) is 28.0 Å². The number of aryl methyl sites for hydroxylation is 2. The van der Waals surface area contributed by atoms with Gasteiger partial charge in [-0.3, -0.25) is 9.25 Å². The Bertz CT molecular complexity index is 1240. The number of nitrogens with zero attached hydrogens (tertiary/aromatic N) is 4. The van der Waals surface area contributed by atoms with Gasteiger partial charge in [-0.2, -0.15) is 5.10 Å². The van der Waals surface area contributed by atoms with E-state index in [1.165, 1.54) is 7.11 Å². The summed E-state index contributed by atoms with van der Waals surface area (Å²) >= 11 is 0. The number of hydrogen-bond acceptors (Lipinski definition) is 4. The molecular formula is C22H20F2N4O2. The van der Waals surface area contributed by atoms with E-state index in [0.29, 0.717) is 34.9 Å². The van der Waals surface area contributed by atoms with E-state index in [0.717, 1.165) is 17.6 Å². The van der Waals surface area contributed by atoms with Crippen LogP contribution in [0.3, 0.4) is 0 Å². The van der Waals surface area contributed by atoms with Crippen molar-refractivity contribution in [3.05, 3.63) is 66.6 Å². The monoisotopic (exact) mass is 410 g/mol. The van der Waals surface area contributed by atoms with Gasteiger partial charge in [0.1, 0.15) is 41.9 Å². The second-order valence-corrected chi connectivity index (χ2v) is 6.74. The van der Waals surface area contributed by atoms with Crippen molar-refractivity contribution in [2.75, 3.05) is 13.7 Å². The number of hydrogen-bond donors (Lipinski definition) is 0. The van der Waals surface area contributed by atoms with Crippen molar-refractivity contribution in [1.29, 1.82) is 0 Å². The van der Waals surface area contributed by atoms with Gasteiger partial charge in [-0.1, -0.05) is 12.7 Å². The molecule has 0 radical (unpaired) electrons. The van der Waals surface area contributed by atoms with Crippen molar-refractivity contribution < 1.29 is 18.3 Å². The molecular weight excluding hydrogens is 390 g/mol. The summed E-state index contributed by atoms with van der Waals surface area (Å²) in [7, 11) is 3.08. The Morgan fingerprint density at radius 2 is 1.83 bits per heavy atom. The highest BCUT2D eigenvalue weighted by atomic mass is 19.1. The zero-order chi connectivity index (χ0) is 21.4. The highest BCUT2D eigenvalue weighted by Gasteiger charge is 2.25. The van der Waals surface area contributed by atoms with Crippen molar-refractivity contribution in [2.24, 2.45) is 7.05 Å². The minimum atomic E-state index is -0.728. The molecule has 2 aromatic carbocycles. The first-order chi connectivity index (χ1) is 14.4. The van der Waals surface area contributed by atoms with Crippen LogP contribution in [0.15, 0.2) is 49.3 Å². The maximum atomic E-state index is 14.9. The normalized spacial score (nSPS) is 11.1. The Morgan fingerprint density at radius 1 is 1.10 bits per heavy atom. The van der Waals surface area contributed by atoms with Gasteiger partial charge in [-0.05, 0) is 19.1 Å². The number of imidazole rings is 1. The van der Waals surface area contributed by atoms with Gasteiger partial charge in [0.15, 0.2) is 0 Å². The predicted octanol–water partition coefficient (Wildman–Crippen LogP) is 4.59. The molecule has 0 aliphatic rings. The van der Waals surface area contributed by atoms with Crippen LogP contribution in [0.1, 0.15) is 5.69 Å². The van der Waals surface area contributed by atoms with Gasteiger partial charge in [-0.25, -0.2) is 13.8 Å². The van der Waals surface area contributed by atoms with Gasteiger partial charge in [0, 0.05) is 25.2 Å². The van der Waals surface area contributed by atoms with Crippen LogP contribution in [-0.2, 0) is 7.05 Å². The molecule has 0 spiro atoms. The molecule has 2 heterocycles. The first-order valence-electron chi connectivity index (χ1n) is 9.22. The van der Waals surface area contributed by atoms with Gasteiger partial charge in [0.25, 0.3) is 0 Å². The molecule has 0 aliphatic carbocycles. The molecule has 6 nitrogen and oxygen atoms in total. The number of aromatic nitrogens is 4. The number of ether oxygens (including phenoxy) is 2. The Kier molecular flexibility index (Phi) is 4.99. The average molecular weight is 410 g/mol. The highest BCUT2D eigenvalue weighted by Crippen LogP contribution is 2.37. The summed E-state index contributed by atoms with van der Waals surface area (Å²) in [6.07, 6.45) is 3.26. The minimum Gasteiger partial charge on any atom is -0.497 e. The fourth-order valence-corrected chi connectivity index (χ4v) is 3.53. The molecule has 0 N–H and O–H groups in total. The summed E-state index contributed by atoms with van der Waals surface area (Å²) in [5.41, 5.74) is 2.10. The van der Waals surface area contributed by atoms with Crippen LogP contribution in [-0.4, -0.2) is 33.0 Å². The zero-order valence-corrected chi connectivity index (χ0v) is 16.8. The van der Waals surface area contributed by atoms with Crippen molar-refractivity contribution in [2.45, 2.75) is 6.92 Å².